The van der Waals surface area contributed by atoms with E-state index in [2.05, 4.69) is 8.92 Å². The number of hydrogen-bond donors (Lipinski definition) is 0. The number of rotatable bonds is 3. The average Bonchev–Trinajstić information content (AvgIpc) is 2.17. The molecular weight excluding hydrogens is 243 g/mol. The normalized spacial score (nSPS) is 10.1. The van der Waals surface area contributed by atoms with Crippen LogP contribution in [0.5, 0.6) is 0 Å². The summed E-state index contributed by atoms with van der Waals surface area (Å²) in [6.45, 7) is 0. The molecule has 0 saturated carbocycles. The fourth-order valence-electron chi connectivity index (χ4n) is 0.946. The maximum absolute atomic E-state index is 11.2. The van der Waals surface area contributed by atoms with Gasteiger partial charge >= 0.3 is 45.8 Å². The van der Waals surface area contributed by atoms with E-state index >= 15 is 0 Å². The molecule has 0 aliphatic rings. The third-order valence-corrected chi connectivity index (χ3v) is 2.62. The molecule has 1 aromatic rings. The van der Waals surface area contributed by atoms with Crippen LogP contribution in [0.15, 0.2) is 30.3 Å². The molecule has 0 radical (unpaired) electrons. The average molecular weight is 254 g/mol. The Morgan fingerprint density at radius 3 is 2.38 bits per heavy atom. The van der Waals surface area contributed by atoms with Crippen molar-refractivity contribution in [2.45, 2.75) is 5.75 Å². The molecule has 0 heterocycles. The number of ether oxygens (including phenoxy) is 1. The minimum atomic E-state index is -3.92. The van der Waals surface area contributed by atoms with Crippen molar-refractivity contribution >= 4 is 16.3 Å². The molecule has 0 N–H and O–H groups in total. The summed E-state index contributed by atoms with van der Waals surface area (Å²) >= 11 is 0. The number of benzene rings is 1. The summed E-state index contributed by atoms with van der Waals surface area (Å²) in [6.07, 6.45) is -1.23. The summed E-state index contributed by atoms with van der Waals surface area (Å²) in [6, 6.07) is 8.40. The third kappa shape index (κ3) is 5.50. The van der Waals surface area contributed by atoms with E-state index in [0.29, 0.717) is 5.56 Å². The van der Waals surface area contributed by atoms with Gasteiger partial charge in [0.2, 0.25) is 0 Å². The minimum absolute atomic E-state index is 0. The van der Waals surface area contributed by atoms with Crippen LogP contribution in [0, 0.1) is 0 Å². The fourth-order valence-corrected chi connectivity index (χ4v) is 1.88. The van der Waals surface area contributed by atoms with Gasteiger partial charge in [0.05, 0.1) is 7.11 Å². The second-order valence-electron chi connectivity index (χ2n) is 2.73. The van der Waals surface area contributed by atoms with Crippen LogP contribution in [0.3, 0.4) is 0 Å². The number of carbonyl (C=O) groups excluding carboxylic acids is 1. The maximum Gasteiger partial charge on any atom is 1.00 e. The number of methoxy groups -OCH3 is 1. The zero-order valence-corrected chi connectivity index (χ0v) is 11.9. The molecule has 1 aromatic carbocycles. The Morgan fingerprint density at radius 2 is 1.88 bits per heavy atom. The summed E-state index contributed by atoms with van der Waals surface area (Å²) < 4.78 is 30.7. The van der Waals surface area contributed by atoms with Crippen molar-refractivity contribution in [3.63, 3.8) is 0 Å². The summed E-state index contributed by atoms with van der Waals surface area (Å²) in [7, 11) is -2.88. The SMILES string of the molecule is COC(=O)OS(=O)(=O)Cc1ccccc1.[H-].[Na+]. The standard InChI is InChI=1S/C9H10O5S.Na.H/c1-13-9(10)14-15(11,12)7-8-5-3-2-4-6-8;;/h2-6H,7H2,1H3;;/q;+1;-1. The minimum Gasteiger partial charge on any atom is -1.00 e. The van der Waals surface area contributed by atoms with Gasteiger partial charge in [0.15, 0.2) is 0 Å². The predicted molar refractivity (Wildman–Crippen MR) is 53.7 cm³/mol. The van der Waals surface area contributed by atoms with Crippen molar-refractivity contribution in [2.24, 2.45) is 0 Å². The van der Waals surface area contributed by atoms with Crippen LogP contribution in [0.4, 0.5) is 4.79 Å². The molecule has 0 saturated heterocycles. The van der Waals surface area contributed by atoms with Gasteiger partial charge in [0.1, 0.15) is 5.75 Å². The van der Waals surface area contributed by atoms with Crippen molar-refractivity contribution < 1.29 is 53.1 Å². The van der Waals surface area contributed by atoms with Gasteiger partial charge in [0.25, 0.3) is 0 Å². The Labute approximate surface area is 118 Å². The van der Waals surface area contributed by atoms with E-state index in [0.717, 1.165) is 7.11 Å². The van der Waals surface area contributed by atoms with E-state index in [1.807, 2.05) is 0 Å². The van der Waals surface area contributed by atoms with Gasteiger partial charge in [-0.05, 0) is 5.56 Å². The van der Waals surface area contributed by atoms with Crippen molar-refractivity contribution in [2.75, 3.05) is 7.11 Å². The van der Waals surface area contributed by atoms with Crippen LogP contribution in [-0.2, 0) is 24.8 Å². The van der Waals surface area contributed by atoms with Crippen molar-refractivity contribution in [3.8, 4) is 0 Å². The molecule has 5 nitrogen and oxygen atoms in total. The Morgan fingerprint density at radius 1 is 1.31 bits per heavy atom. The van der Waals surface area contributed by atoms with Gasteiger partial charge in [-0.2, -0.15) is 8.42 Å². The molecular formula is C9H11NaO5S. The summed E-state index contributed by atoms with van der Waals surface area (Å²) in [5.41, 5.74) is 0.543. The van der Waals surface area contributed by atoms with Crippen LogP contribution in [0.2, 0.25) is 0 Å². The largest absolute Gasteiger partial charge is 1.00 e. The monoisotopic (exact) mass is 254 g/mol. The van der Waals surface area contributed by atoms with Crippen molar-refractivity contribution in [1.82, 2.24) is 0 Å². The molecule has 16 heavy (non-hydrogen) atoms. The van der Waals surface area contributed by atoms with Gasteiger partial charge < -0.3 is 10.3 Å². The van der Waals surface area contributed by atoms with E-state index < -0.39 is 16.3 Å². The van der Waals surface area contributed by atoms with E-state index in [9.17, 15) is 13.2 Å². The molecule has 84 valence electrons. The Hall–Kier alpha value is -0.560. The smallest absolute Gasteiger partial charge is 1.00 e. The van der Waals surface area contributed by atoms with Crippen LogP contribution >= 0.6 is 0 Å². The topological polar surface area (TPSA) is 69.7 Å². The summed E-state index contributed by atoms with van der Waals surface area (Å²) in [5, 5.41) is 0. The molecule has 0 fully saturated rings. The first kappa shape index (κ1) is 15.4. The summed E-state index contributed by atoms with van der Waals surface area (Å²) in [5.74, 6) is -0.358. The molecule has 0 atom stereocenters. The molecule has 0 unspecified atom stereocenters. The van der Waals surface area contributed by atoms with Crippen molar-refractivity contribution in [1.29, 1.82) is 0 Å². The second-order valence-corrected chi connectivity index (χ2v) is 4.30. The van der Waals surface area contributed by atoms with E-state index in [4.69, 9.17) is 0 Å². The first-order valence-corrected chi connectivity index (χ1v) is 5.65. The Balaban J connectivity index is 0. The van der Waals surface area contributed by atoms with E-state index in [1.54, 1.807) is 30.3 Å². The third-order valence-electron chi connectivity index (χ3n) is 1.55. The first-order chi connectivity index (χ1) is 7.03. The maximum atomic E-state index is 11.2. The fraction of sp³-hybridized carbons (Fsp3) is 0.222. The molecule has 0 spiro atoms. The van der Waals surface area contributed by atoms with Crippen LogP contribution in [-0.4, -0.2) is 21.7 Å². The van der Waals surface area contributed by atoms with Gasteiger partial charge in [-0.25, -0.2) is 4.79 Å². The quantitative estimate of drug-likeness (QED) is 0.370. The molecule has 1 rings (SSSR count). The van der Waals surface area contributed by atoms with Gasteiger partial charge in [0, 0.05) is 0 Å². The molecule has 0 aliphatic heterocycles. The zero-order chi connectivity index (χ0) is 11.3. The zero-order valence-electron chi connectivity index (χ0n) is 10.0. The second kappa shape index (κ2) is 6.90. The van der Waals surface area contributed by atoms with E-state index in [1.165, 1.54) is 0 Å². The van der Waals surface area contributed by atoms with Gasteiger partial charge in [-0.3, -0.25) is 0 Å². The molecule has 0 aliphatic carbocycles. The molecule has 0 amide bonds. The molecule has 7 heteroatoms. The predicted octanol–water partition coefficient (Wildman–Crippen LogP) is -1.58. The Bertz CT molecular complexity index is 434. The van der Waals surface area contributed by atoms with Crippen LogP contribution in [0.1, 0.15) is 6.99 Å². The van der Waals surface area contributed by atoms with Gasteiger partial charge in [-0.15, -0.1) is 0 Å². The van der Waals surface area contributed by atoms with Crippen LogP contribution < -0.4 is 29.6 Å². The summed E-state index contributed by atoms with van der Waals surface area (Å²) in [4.78, 5) is 10.6. The van der Waals surface area contributed by atoms with E-state index in [-0.39, 0.29) is 36.7 Å². The molecule has 0 bridgehead atoms. The number of hydrogen-bond acceptors (Lipinski definition) is 5. The van der Waals surface area contributed by atoms with Crippen molar-refractivity contribution in [3.05, 3.63) is 35.9 Å². The Kier molecular flexibility index (Phi) is 6.66. The van der Waals surface area contributed by atoms with Gasteiger partial charge in [-0.1, -0.05) is 30.3 Å². The molecule has 0 aromatic heterocycles. The number of carbonyl (C=O) groups is 1. The van der Waals surface area contributed by atoms with Crippen LogP contribution in [0.25, 0.3) is 0 Å². The first-order valence-electron chi connectivity index (χ1n) is 4.07.